The van der Waals surface area contributed by atoms with Gasteiger partial charge < -0.3 is 4.90 Å². The topological polar surface area (TPSA) is 28.0 Å². The molecule has 0 aromatic rings. The van der Waals surface area contributed by atoms with Gasteiger partial charge in [0, 0.05) is 24.8 Å². The van der Waals surface area contributed by atoms with Gasteiger partial charge in [0.25, 0.3) is 0 Å². The van der Waals surface area contributed by atoms with Crippen LogP contribution >= 0.6 is 0 Å². The molecule has 80 valence electrons. The Bertz CT molecular complexity index is 380. The van der Waals surface area contributed by atoms with Crippen LogP contribution in [-0.4, -0.2) is 23.5 Å². The maximum atomic E-state index is 4.47. The highest BCUT2D eigenvalue weighted by molar-refractivity contribution is 5.84. The Kier molecular flexibility index (Phi) is 2.25. The minimum atomic E-state index is 0.0554. The first-order valence-corrected chi connectivity index (χ1v) is 5.22. The second-order valence-electron chi connectivity index (χ2n) is 5.02. The third-order valence-electron chi connectivity index (χ3n) is 2.57. The molecule has 0 saturated heterocycles. The quantitative estimate of drug-likeness (QED) is 0.594. The molecule has 0 radical (unpaired) electrons. The molecule has 2 aliphatic rings. The Morgan fingerprint density at radius 3 is 2.67 bits per heavy atom. The van der Waals surface area contributed by atoms with Gasteiger partial charge in [0.15, 0.2) is 6.17 Å². The molecule has 0 aliphatic carbocycles. The molecule has 2 heterocycles. The van der Waals surface area contributed by atoms with Crippen LogP contribution in [0.1, 0.15) is 27.7 Å². The summed E-state index contributed by atoms with van der Waals surface area (Å²) in [5, 5.41) is 0. The molecule has 0 spiro atoms. The molecule has 0 aromatic heterocycles. The Morgan fingerprint density at radius 1 is 1.27 bits per heavy atom. The number of fused-ring (bicyclic) bond motifs is 1. The van der Waals surface area contributed by atoms with E-state index in [0.717, 1.165) is 5.70 Å². The number of nitrogens with zero attached hydrogens (tertiary/aromatic N) is 3. The predicted octanol–water partition coefficient (Wildman–Crippen LogP) is 2.57. The van der Waals surface area contributed by atoms with Gasteiger partial charge >= 0.3 is 0 Å². The lowest BCUT2D eigenvalue weighted by atomic mass is 9.87. The first-order chi connectivity index (χ1) is 6.97. The van der Waals surface area contributed by atoms with Gasteiger partial charge in [-0.1, -0.05) is 20.8 Å². The zero-order chi connectivity index (χ0) is 11.1. The fourth-order valence-electron chi connectivity index (χ4n) is 1.55. The van der Waals surface area contributed by atoms with Gasteiger partial charge in [-0.3, -0.25) is 9.98 Å². The monoisotopic (exact) mass is 203 g/mol. The molecular weight excluding hydrogens is 186 g/mol. The van der Waals surface area contributed by atoms with Crippen molar-refractivity contribution in [2.45, 2.75) is 33.9 Å². The maximum Gasteiger partial charge on any atom is 0.160 e. The molecule has 3 nitrogen and oxygen atoms in total. The molecule has 0 fully saturated rings. The highest BCUT2D eigenvalue weighted by Gasteiger charge is 2.23. The van der Waals surface area contributed by atoms with Crippen LogP contribution in [0.4, 0.5) is 0 Å². The van der Waals surface area contributed by atoms with E-state index >= 15 is 0 Å². The van der Waals surface area contributed by atoms with Crippen molar-refractivity contribution in [2.24, 2.45) is 15.4 Å². The van der Waals surface area contributed by atoms with Crippen LogP contribution in [0.15, 0.2) is 33.7 Å². The largest absolute Gasteiger partial charge is 0.325 e. The van der Waals surface area contributed by atoms with E-state index in [4.69, 9.17) is 0 Å². The molecular formula is C12H17N3. The summed E-state index contributed by atoms with van der Waals surface area (Å²) in [6.45, 7) is 8.58. The first-order valence-electron chi connectivity index (χ1n) is 5.22. The lowest BCUT2D eigenvalue weighted by Crippen LogP contribution is -2.33. The third-order valence-corrected chi connectivity index (χ3v) is 2.57. The minimum absolute atomic E-state index is 0.0554. The van der Waals surface area contributed by atoms with Crippen LogP contribution < -0.4 is 0 Å². The first kappa shape index (κ1) is 10.1. The Morgan fingerprint density at radius 2 is 2.00 bits per heavy atom. The zero-order valence-corrected chi connectivity index (χ0v) is 9.73. The van der Waals surface area contributed by atoms with E-state index in [0.29, 0.717) is 0 Å². The summed E-state index contributed by atoms with van der Waals surface area (Å²) >= 11 is 0. The van der Waals surface area contributed by atoms with E-state index in [9.17, 15) is 0 Å². The third kappa shape index (κ3) is 2.01. The molecule has 3 heteroatoms. The summed E-state index contributed by atoms with van der Waals surface area (Å²) in [6, 6.07) is 0. The fraction of sp³-hybridized carbons (Fsp3) is 0.500. The molecule has 0 aromatic carbocycles. The van der Waals surface area contributed by atoms with Crippen LogP contribution in [0, 0.1) is 5.41 Å². The number of allylic oxidation sites excluding steroid dienone is 2. The van der Waals surface area contributed by atoms with E-state index in [1.165, 1.54) is 5.57 Å². The summed E-state index contributed by atoms with van der Waals surface area (Å²) in [6.07, 6.45) is 8.09. The van der Waals surface area contributed by atoms with Crippen molar-refractivity contribution < 1.29 is 0 Å². The van der Waals surface area contributed by atoms with E-state index in [-0.39, 0.29) is 11.6 Å². The minimum Gasteiger partial charge on any atom is -0.325 e. The van der Waals surface area contributed by atoms with Crippen LogP contribution in [0.5, 0.6) is 0 Å². The molecule has 2 aliphatic heterocycles. The van der Waals surface area contributed by atoms with Crippen LogP contribution in [0.2, 0.25) is 0 Å². The van der Waals surface area contributed by atoms with Crippen molar-refractivity contribution in [1.82, 2.24) is 4.90 Å². The van der Waals surface area contributed by atoms with Crippen LogP contribution in [-0.2, 0) is 0 Å². The number of aliphatic imine (C=N–C) groups is 2. The predicted molar refractivity (Wildman–Crippen MR) is 63.9 cm³/mol. The number of rotatable bonds is 0. The lowest BCUT2D eigenvalue weighted by Gasteiger charge is -2.32. The zero-order valence-electron chi connectivity index (χ0n) is 9.73. The van der Waals surface area contributed by atoms with Crippen molar-refractivity contribution in [3.63, 3.8) is 0 Å². The highest BCUT2D eigenvalue weighted by Crippen LogP contribution is 2.28. The standard InChI is InChI=1S/C12H17N3/c1-9-7-15-8-10(12(2,3)4)5-14-11(15)6-13-9/h5-8,11H,1-4H3. The summed E-state index contributed by atoms with van der Waals surface area (Å²) in [4.78, 5) is 10.8. The van der Waals surface area contributed by atoms with Gasteiger partial charge in [-0.05, 0) is 17.9 Å². The van der Waals surface area contributed by atoms with Gasteiger partial charge in [0.1, 0.15) is 0 Å². The Hall–Kier alpha value is -1.38. The maximum absolute atomic E-state index is 4.47. The van der Waals surface area contributed by atoms with Crippen molar-refractivity contribution in [3.05, 3.63) is 23.7 Å². The van der Waals surface area contributed by atoms with Gasteiger partial charge in [-0.2, -0.15) is 0 Å². The van der Waals surface area contributed by atoms with E-state index in [1.807, 2.05) is 25.6 Å². The molecule has 1 unspecified atom stereocenters. The van der Waals surface area contributed by atoms with E-state index in [1.54, 1.807) is 0 Å². The molecule has 0 amide bonds. The number of hydrogen-bond donors (Lipinski definition) is 0. The molecule has 2 rings (SSSR count). The SMILES string of the molecule is CC1=CN2C=C(C(C)(C)C)C=NC2C=N1. The van der Waals surface area contributed by atoms with Crippen molar-refractivity contribution in [1.29, 1.82) is 0 Å². The Balaban J connectivity index is 2.29. The summed E-state index contributed by atoms with van der Waals surface area (Å²) in [5.74, 6) is 0. The average Bonchev–Trinajstić information content (AvgIpc) is 2.15. The van der Waals surface area contributed by atoms with Crippen LogP contribution in [0.25, 0.3) is 0 Å². The van der Waals surface area contributed by atoms with Crippen LogP contribution in [0.3, 0.4) is 0 Å². The fourth-order valence-corrected chi connectivity index (χ4v) is 1.55. The summed E-state index contributed by atoms with van der Waals surface area (Å²) in [5.41, 5.74) is 2.41. The molecule has 0 N–H and O–H groups in total. The summed E-state index contributed by atoms with van der Waals surface area (Å²) < 4.78 is 0. The smallest absolute Gasteiger partial charge is 0.160 e. The molecule has 0 saturated carbocycles. The average molecular weight is 203 g/mol. The van der Waals surface area contributed by atoms with Crippen molar-refractivity contribution in [3.8, 4) is 0 Å². The van der Waals surface area contributed by atoms with Gasteiger partial charge in [-0.25, -0.2) is 0 Å². The van der Waals surface area contributed by atoms with Gasteiger partial charge in [0.2, 0.25) is 0 Å². The van der Waals surface area contributed by atoms with Crippen molar-refractivity contribution >= 4 is 12.4 Å². The lowest BCUT2D eigenvalue weighted by molar-refractivity contribution is 0.423. The molecule has 0 bridgehead atoms. The van der Waals surface area contributed by atoms with Gasteiger partial charge in [0.05, 0.1) is 5.70 Å². The molecule has 1 atom stereocenters. The normalized spacial score (nSPS) is 24.8. The van der Waals surface area contributed by atoms with Crippen molar-refractivity contribution in [2.75, 3.05) is 0 Å². The van der Waals surface area contributed by atoms with Gasteiger partial charge in [-0.15, -0.1) is 0 Å². The Labute approximate surface area is 90.9 Å². The number of hydrogen-bond acceptors (Lipinski definition) is 3. The second kappa shape index (κ2) is 3.33. The van der Waals surface area contributed by atoms with E-state index in [2.05, 4.69) is 41.9 Å². The highest BCUT2D eigenvalue weighted by atomic mass is 15.2. The summed E-state index contributed by atoms with van der Waals surface area (Å²) in [7, 11) is 0. The molecule has 15 heavy (non-hydrogen) atoms. The van der Waals surface area contributed by atoms with E-state index < -0.39 is 0 Å². The second-order valence-corrected chi connectivity index (χ2v) is 5.02.